The molecular weight excluding hydrogens is 366 g/mol. The first kappa shape index (κ1) is 21.0. The Labute approximate surface area is 172 Å². The number of carbonyl (C=O) groups excluding carboxylic acids is 1. The van der Waals surface area contributed by atoms with Gasteiger partial charge in [0.2, 0.25) is 0 Å². The van der Waals surface area contributed by atoms with Gasteiger partial charge in [-0.25, -0.2) is 4.99 Å². The normalized spacial score (nSPS) is 18.6. The van der Waals surface area contributed by atoms with E-state index in [4.69, 9.17) is 9.47 Å². The molecule has 0 unspecified atom stereocenters. The van der Waals surface area contributed by atoms with Crippen LogP contribution in [0.25, 0.3) is 0 Å². The van der Waals surface area contributed by atoms with Crippen molar-refractivity contribution in [1.82, 2.24) is 10.2 Å². The van der Waals surface area contributed by atoms with E-state index < -0.39 is 12.3 Å². The van der Waals surface area contributed by atoms with E-state index in [0.29, 0.717) is 12.3 Å². The zero-order valence-electron chi connectivity index (χ0n) is 17.5. The number of hydrogen-bond acceptors (Lipinski definition) is 5. The fraction of sp³-hybridized carbons (Fsp3) is 0.391. The summed E-state index contributed by atoms with van der Waals surface area (Å²) in [6, 6.07) is 15.6. The van der Waals surface area contributed by atoms with Gasteiger partial charge in [0, 0.05) is 12.1 Å². The number of methoxy groups -OCH3 is 1. The molecule has 1 aliphatic heterocycles. The van der Waals surface area contributed by atoms with Crippen LogP contribution in [0.3, 0.4) is 0 Å². The van der Waals surface area contributed by atoms with Gasteiger partial charge >= 0.3 is 0 Å². The molecule has 1 heterocycles. The Morgan fingerprint density at radius 3 is 2.38 bits per heavy atom. The van der Waals surface area contributed by atoms with Gasteiger partial charge in [-0.3, -0.25) is 4.79 Å². The average molecular weight is 396 g/mol. The summed E-state index contributed by atoms with van der Waals surface area (Å²) in [7, 11) is 5.66. The number of ether oxygens (including phenoxy) is 2. The van der Waals surface area contributed by atoms with Crippen LogP contribution in [0, 0.1) is 6.92 Å². The van der Waals surface area contributed by atoms with Crippen molar-refractivity contribution in [2.45, 2.75) is 25.7 Å². The van der Waals surface area contributed by atoms with Crippen molar-refractivity contribution in [1.29, 1.82) is 0 Å². The highest BCUT2D eigenvalue weighted by Gasteiger charge is 2.35. The Balaban J connectivity index is 1.79. The van der Waals surface area contributed by atoms with Gasteiger partial charge in [-0.2, -0.15) is 0 Å². The molecule has 0 spiro atoms. The molecule has 0 aromatic heterocycles. The standard InChI is InChI=1S/C23H29N3O3/c1-16-6-8-18(9-7-16)23-25-20(22(27)24-14-5-15-26(2)3)21(29-23)17-10-12-19(28-4)13-11-17/h6-13,21,23H,5,14-15H2,1-4H3,(H,24,27)/t21-,23+/m0/s1. The number of aliphatic imine (C=N–C) groups is 1. The number of carbonyl (C=O) groups is 1. The van der Waals surface area contributed by atoms with Crippen LogP contribution in [-0.4, -0.2) is 50.8 Å². The molecule has 0 bridgehead atoms. The Kier molecular flexibility index (Phi) is 7.01. The molecule has 2 aromatic rings. The number of benzene rings is 2. The summed E-state index contributed by atoms with van der Waals surface area (Å²) in [5.74, 6) is 0.577. The van der Waals surface area contributed by atoms with Gasteiger partial charge in [0.05, 0.1) is 7.11 Å². The Morgan fingerprint density at radius 2 is 1.76 bits per heavy atom. The summed E-state index contributed by atoms with van der Waals surface area (Å²) in [6.45, 7) is 3.55. The molecular formula is C23H29N3O3. The fourth-order valence-corrected chi connectivity index (χ4v) is 3.18. The van der Waals surface area contributed by atoms with E-state index >= 15 is 0 Å². The molecule has 1 aliphatic rings. The summed E-state index contributed by atoms with van der Waals surface area (Å²) in [5, 5.41) is 2.98. The SMILES string of the molecule is COc1ccc([C@@H]2O[C@H](c3ccc(C)cc3)N=C2C(=O)NCCCN(C)C)cc1. The second-order valence-corrected chi connectivity index (χ2v) is 7.48. The van der Waals surface area contributed by atoms with Crippen molar-refractivity contribution < 1.29 is 14.3 Å². The summed E-state index contributed by atoms with van der Waals surface area (Å²) in [6.07, 6.45) is -0.132. The topological polar surface area (TPSA) is 63.2 Å². The molecule has 0 aliphatic carbocycles. The third-order valence-electron chi connectivity index (χ3n) is 4.85. The van der Waals surface area contributed by atoms with E-state index in [9.17, 15) is 4.79 Å². The van der Waals surface area contributed by atoms with Crippen LogP contribution in [0.15, 0.2) is 53.5 Å². The van der Waals surface area contributed by atoms with E-state index in [1.54, 1.807) is 7.11 Å². The predicted octanol–water partition coefficient (Wildman–Crippen LogP) is 3.28. The quantitative estimate of drug-likeness (QED) is 0.697. The van der Waals surface area contributed by atoms with Crippen LogP contribution < -0.4 is 10.1 Å². The summed E-state index contributed by atoms with van der Waals surface area (Å²) < 4.78 is 11.4. The number of rotatable bonds is 8. The summed E-state index contributed by atoms with van der Waals surface area (Å²) in [4.78, 5) is 19.6. The van der Waals surface area contributed by atoms with Gasteiger partial charge in [-0.1, -0.05) is 42.0 Å². The van der Waals surface area contributed by atoms with Crippen LogP contribution in [0.4, 0.5) is 0 Å². The van der Waals surface area contributed by atoms with Gasteiger partial charge in [-0.05, 0) is 51.7 Å². The first-order valence-corrected chi connectivity index (χ1v) is 9.84. The van der Waals surface area contributed by atoms with E-state index in [1.165, 1.54) is 5.56 Å². The molecule has 3 rings (SSSR count). The molecule has 6 heteroatoms. The molecule has 1 N–H and O–H groups in total. The molecule has 6 nitrogen and oxygen atoms in total. The highest BCUT2D eigenvalue weighted by Crippen LogP contribution is 2.36. The van der Waals surface area contributed by atoms with Gasteiger partial charge in [0.1, 0.15) is 17.6 Å². The molecule has 154 valence electrons. The first-order chi connectivity index (χ1) is 14.0. The van der Waals surface area contributed by atoms with Crippen molar-refractivity contribution in [3.63, 3.8) is 0 Å². The highest BCUT2D eigenvalue weighted by atomic mass is 16.5. The zero-order valence-corrected chi connectivity index (χ0v) is 17.5. The summed E-state index contributed by atoms with van der Waals surface area (Å²) in [5.41, 5.74) is 3.39. The second-order valence-electron chi connectivity index (χ2n) is 7.48. The minimum absolute atomic E-state index is 0.181. The lowest BCUT2D eigenvalue weighted by Crippen LogP contribution is -2.35. The first-order valence-electron chi connectivity index (χ1n) is 9.84. The molecule has 2 atom stereocenters. The van der Waals surface area contributed by atoms with Gasteiger partial charge in [0.25, 0.3) is 5.91 Å². The van der Waals surface area contributed by atoms with E-state index in [2.05, 4.69) is 15.2 Å². The summed E-state index contributed by atoms with van der Waals surface area (Å²) >= 11 is 0. The van der Waals surface area contributed by atoms with Crippen LogP contribution in [0.1, 0.15) is 35.4 Å². The molecule has 0 radical (unpaired) electrons. The molecule has 0 saturated heterocycles. The largest absolute Gasteiger partial charge is 0.497 e. The second kappa shape index (κ2) is 9.67. The fourth-order valence-electron chi connectivity index (χ4n) is 3.18. The van der Waals surface area contributed by atoms with E-state index in [-0.39, 0.29) is 5.91 Å². The van der Waals surface area contributed by atoms with Gasteiger partial charge < -0.3 is 19.7 Å². The average Bonchev–Trinajstić information content (AvgIpc) is 3.17. The Morgan fingerprint density at radius 1 is 1.10 bits per heavy atom. The number of amides is 1. The van der Waals surface area contributed by atoms with E-state index in [0.717, 1.165) is 29.8 Å². The maximum absolute atomic E-state index is 12.9. The zero-order chi connectivity index (χ0) is 20.8. The number of aryl methyl sites for hydroxylation is 1. The lowest BCUT2D eigenvalue weighted by Gasteiger charge is -2.16. The minimum Gasteiger partial charge on any atom is -0.497 e. The molecule has 1 amide bonds. The maximum Gasteiger partial charge on any atom is 0.268 e. The smallest absolute Gasteiger partial charge is 0.268 e. The van der Waals surface area contributed by atoms with Crippen molar-refractivity contribution in [3.05, 3.63) is 65.2 Å². The van der Waals surface area contributed by atoms with Crippen molar-refractivity contribution in [2.75, 3.05) is 34.3 Å². The Hall–Kier alpha value is -2.70. The third kappa shape index (κ3) is 5.43. The molecule has 0 saturated carbocycles. The molecule has 2 aromatic carbocycles. The van der Waals surface area contributed by atoms with Gasteiger partial charge in [0.15, 0.2) is 6.23 Å². The Bertz CT molecular complexity index is 845. The number of nitrogens with one attached hydrogen (secondary N) is 1. The van der Waals surface area contributed by atoms with Crippen LogP contribution >= 0.6 is 0 Å². The minimum atomic E-state index is -0.513. The lowest BCUT2D eigenvalue weighted by molar-refractivity contribution is -0.115. The highest BCUT2D eigenvalue weighted by molar-refractivity contribution is 6.41. The van der Waals surface area contributed by atoms with Gasteiger partial charge in [-0.15, -0.1) is 0 Å². The van der Waals surface area contributed by atoms with Crippen LogP contribution in [0.2, 0.25) is 0 Å². The monoisotopic (exact) mass is 395 g/mol. The number of hydrogen-bond donors (Lipinski definition) is 1. The lowest BCUT2D eigenvalue weighted by atomic mass is 10.0. The van der Waals surface area contributed by atoms with Crippen molar-refractivity contribution >= 4 is 11.6 Å². The maximum atomic E-state index is 12.9. The van der Waals surface area contributed by atoms with Crippen LogP contribution in [0.5, 0.6) is 5.75 Å². The molecule has 29 heavy (non-hydrogen) atoms. The van der Waals surface area contributed by atoms with Crippen molar-refractivity contribution in [2.24, 2.45) is 4.99 Å². The van der Waals surface area contributed by atoms with Crippen LogP contribution in [-0.2, 0) is 9.53 Å². The van der Waals surface area contributed by atoms with E-state index in [1.807, 2.05) is 69.6 Å². The molecule has 0 fully saturated rings. The third-order valence-corrected chi connectivity index (χ3v) is 4.85. The van der Waals surface area contributed by atoms with Crippen molar-refractivity contribution in [3.8, 4) is 5.75 Å². The number of nitrogens with zero attached hydrogens (tertiary/aromatic N) is 2. The predicted molar refractivity (Wildman–Crippen MR) is 114 cm³/mol.